The number of aromatic nitrogens is 1. The van der Waals surface area contributed by atoms with Crippen LogP contribution in [0.1, 0.15) is 11.5 Å². The van der Waals surface area contributed by atoms with E-state index in [9.17, 15) is 14.9 Å². The number of rotatable bonds is 6. The Morgan fingerprint density at radius 1 is 1.05 bits per heavy atom. The van der Waals surface area contributed by atoms with Crippen LogP contribution >= 0.6 is 34.7 Å². The van der Waals surface area contributed by atoms with Crippen molar-refractivity contribution < 1.29 is 19.1 Å². The van der Waals surface area contributed by atoms with E-state index in [1.807, 2.05) is 24.3 Å². The van der Waals surface area contributed by atoms with Gasteiger partial charge in [-0.2, -0.15) is 5.26 Å². The van der Waals surface area contributed by atoms with Crippen LogP contribution in [0.2, 0.25) is 5.02 Å². The average molecular weight is 589 g/mol. The molecule has 1 unspecified atom stereocenters. The summed E-state index contributed by atoms with van der Waals surface area (Å²) in [6.45, 7) is 0. The Morgan fingerprint density at radius 2 is 1.75 bits per heavy atom. The van der Waals surface area contributed by atoms with Crippen LogP contribution in [0.15, 0.2) is 105 Å². The number of benzene rings is 3. The summed E-state index contributed by atoms with van der Waals surface area (Å²) in [6.07, 6.45) is 0. The van der Waals surface area contributed by atoms with E-state index < -0.39 is 17.9 Å². The predicted molar refractivity (Wildman–Crippen MR) is 155 cm³/mol. The molecule has 4 aromatic rings. The average Bonchev–Trinajstić information content (AvgIpc) is 3.39. The van der Waals surface area contributed by atoms with Crippen LogP contribution in [0.3, 0.4) is 0 Å². The quantitative estimate of drug-likeness (QED) is 0.270. The van der Waals surface area contributed by atoms with Crippen molar-refractivity contribution in [1.29, 1.82) is 5.26 Å². The second kappa shape index (κ2) is 11.4. The Kier molecular flexibility index (Phi) is 7.80. The Bertz CT molecular complexity index is 1710. The number of esters is 2. The van der Waals surface area contributed by atoms with E-state index in [0.717, 1.165) is 14.6 Å². The molecule has 40 heavy (non-hydrogen) atoms. The molecule has 0 amide bonds. The van der Waals surface area contributed by atoms with Gasteiger partial charge >= 0.3 is 11.9 Å². The van der Waals surface area contributed by atoms with E-state index in [1.165, 1.54) is 42.2 Å². The molecule has 1 aromatic heterocycles. The van der Waals surface area contributed by atoms with Gasteiger partial charge in [0.2, 0.25) is 0 Å². The summed E-state index contributed by atoms with van der Waals surface area (Å²) in [5.41, 5.74) is 8.29. The summed E-state index contributed by atoms with van der Waals surface area (Å²) < 4.78 is 12.0. The standard InChI is InChI=1S/C29H21ClN4O4S2/c1-37-27(35)24-23(16-8-4-3-5-9-16)18(15-31)26(32)34(25(24)28(36)38-2)20-14-17(30)12-13-22(20)40-29-33-19-10-6-7-11-21(19)39-29/h3-14,23H,32H2,1-2H3. The number of hydrogen-bond acceptors (Lipinski definition) is 10. The lowest BCUT2D eigenvalue weighted by atomic mass is 9.81. The number of hydrogen-bond donors (Lipinski definition) is 1. The Morgan fingerprint density at radius 3 is 2.42 bits per heavy atom. The molecule has 1 atom stereocenters. The summed E-state index contributed by atoms with van der Waals surface area (Å²) in [5.74, 6) is -2.65. The SMILES string of the molecule is COC(=O)C1=C(C(=O)OC)N(c2cc(Cl)ccc2Sc2nc3ccccc3s2)C(N)=C(C#N)C1c1ccccc1. The Balaban J connectivity index is 1.77. The van der Waals surface area contributed by atoms with Crippen molar-refractivity contribution >= 4 is 62.5 Å². The van der Waals surface area contributed by atoms with Crippen molar-refractivity contribution in [2.24, 2.45) is 5.73 Å². The van der Waals surface area contributed by atoms with E-state index >= 15 is 0 Å². The molecular weight excluding hydrogens is 568 g/mol. The van der Waals surface area contributed by atoms with Crippen LogP contribution in [0, 0.1) is 11.3 Å². The fraction of sp³-hybridized carbons (Fsp3) is 0.103. The smallest absolute Gasteiger partial charge is 0.355 e. The first kappa shape index (κ1) is 27.3. The van der Waals surface area contributed by atoms with Crippen LogP contribution in [-0.4, -0.2) is 31.1 Å². The van der Waals surface area contributed by atoms with E-state index in [-0.39, 0.29) is 22.7 Å². The molecule has 0 aliphatic carbocycles. The van der Waals surface area contributed by atoms with Gasteiger partial charge in [-0.3, -0.25) is 4.90 Å². The number of halogens is 1. The fourth-order valence-corrected chi connectivity index (χ4v) is 6.80. The molecule has 0 bridgehead atoms. The minimum atomic E-state index is -0.969. The molecule has 200 valence electrons. The van der Waals surface area contributed by atoms with Crippen LogP contribution in [0.25, 0.3) is 10.2 Å². The highest BCUT2D eigenvalue weighted by atomic mass is 35.5. The molecule has 11 heteroatoms. The highest BCUT2D eigenvalue weighted by Gasteiger charge is 2.43. The molecule has 0 saturated heterocycles. The number of fused-ring (bicyclic) bond motifs is 1. The second-order valence-electron chi connectivity index (χ2n) is 8.50. The zero-order valence-electron chi connectivity index (χ0n) is 21.3. The number of carbonyl (C=O) groups excluding carboxylic acids is 2. The number of methoxy groups -OCH3 is 2. The zero-order chi connectivity index (χ0) is 28.4. The lowest BCUT2D eigenvalue weighted by molar-refractivity contribution is -0.139. The minimum absolute atomic E-state index is 0.0437. The molecule has 2 N–H and O–H groups in total. The summed E-state index contributed by atoms with van der Waals surface area (Å²) in [4.78, 5) is 33.5. The summed E-state index contributed by atoms with van der Waals surface area (Å²) in [6, 6.07) is 23.8. The van der Waals surface area contributed by atoms with Crippen molar-refractivity contribution in [3.05, 3.63) is 106 Å². The zero-order valence-corrected chi connectivity index (χ0v) is 23.6. The molecular formula is C29H21ClN4O4S2. The first-order chi connectivity index (χ1) is 19.4. The van der Waals surface area contributed by atoms with Crippen molar-refractivity contribution in [3.63, 3.8) is 0 Å². The number of nitrogens with two attached hydrogens (primary N) is 1. The molecule has 0 radical (unpaired) electrons. The van der Waals surface area contributed by atoms with Gasteiger partial charge in [-0.15, -0.1) is 11.3 Å². The molecule has 1 aliphatic heterocycles. The van der Waals surface area contributed by atoms with E-state index in [0.29, 0.717) is 21.2 Å². The first-order valence-corrected chi connectivity index (χ1v) is 13.9. The maximum atomic E-state index is 13.4. The van der Waals surface area contributed by atoms with Gasteiger partial charge in [-0.1, -0.05) is 65.8 Å². The van der Waals surface area contributed by atoms with E-state index in [1.54, 1.807) is 48.5 Å². The van der Waals surface area contributed by atoms with Crippen molar-refractivity contribution in [3.8, 4) is 6.07 Å². The van der Waals surface area contributed by atoms with Gasteiger partial charge in [0.05, 0.1) is 53.3 Å². The summed E-state index contributed by atoms with van der Waals surface area (Å²) in [5, 5.41) is 10.7. The number of allylic oxidation sites excluding steroid dienone is 1. The van der Waals surface area contributed by atoms with Gasteiger partial charge in [0.1, 0.15) is 11.5 Å². The van der Waals surface area contributed by atoms with E-state index in [4.69, 9.17) is 31.8 Å². The maximum Gasteiger partial charge on any atom is 0.355 e. The Hall–Kier alpha value is -4.30. The molecule has 2 heterocycles. The summed E-state index contributed by atoms with van der Waals surface area (Å²) in [7, 11) is 2.41. The highest BCUT2D eigenvalue weighted by Crippen LogP contribution is 2.47. The van der Waals surface area contributed by atoms with Crippen LogP contribution < -0.4 is 10.6 Å². The second-order valence-corrected chi connectivity index (χ2v) is 11.3. The van der Waals surface area contributed by atoms with Crippen LogP contribution in [0.4, 0.5) is 5.69 Å². The molecule has 8 nitrogen and oxygen atoms in total. The number of carbonyl (C=O) groups is 2. The maximum absolute atomic E-state index is 13.4. The molecule has 1 aliphatic rings. The van der Waals surface area contributed by atoms with Crippen molar-refractivity contribution in [2.75, 3.05) is 19.1 Å². The van der Waals surface area contributed by atoms with Gasteiger partial charge in [0.25, 0.3) is 0 Å². The van der Waals surface area contributed by atoms with Gasteiger partial charge in [-0.25, -0.2) is 14.6 Å². The molecule has 3 aromatic carbocycles. The highest BCUT2D eigenvalue weighted by molar-refractivity contribution is 8.01. The summed E-state index contributed by atoms with van der Waals surface area (Å²) >= 11 is 9.28. The molecule has 0 saturated carbocycles. The molecule has 0 fully saturated rings. The van der Waals surface area contributed by atoms with Gasteiger partial charge < -0.3 is 15.2 Å². The fourth-order valence-electron chi connectivity index (χ4n) is 4.50. The number of nitriles is 1. The normalized spacial score (nSPS) is 15.2. The van der Waals surface area contributed by atoms with Gasteiger partial charge in [-0.05, 0) is 35.9 Å². The van der Waals surface area contributed by atoms with Crippen LogP contribution in [0.5, 0.6) is 0 Å². The van der Waals surface area contributed by atoms with Gasteiger partial charge in [0, 0.05) is 9.92 Å². The molecule has 0 spiro atoms. The van der Waals surface area contributed by atoms with Gasteiger partial charge in [0.15, 0.2) is 4.34 Å². The van der Waals surface area contributed by atoms with Crippen LogP contribution in [-0.2, 0) is 19.1 Å². The third-order valence-corrected chi connectivity index (χ3v) is 8.64. The molecule has 5 rings (SSSR count). The predicted octanol–water partition coefficient (Wildman–Crippen LogP) is 6.00. The largest absolute Gasteiger partial charge is 0.466 e. The third-order valence-electron chi connectivity index (χ3n) is 6.24. The topological polar surface area (TPSA) is 119 Å². The van der Waals surface area contributed by atoms with Crippen molar-refractivity contribution in [1.82, 2.24) is 4.98 Å². The van der Waals surface area contributed by atoms with Crippen molar-refractivity contribution in [2.45, 2.75) is 15.2 Å². The number of nitrogens with zero attached hydrogens (tertiary/aromatic N) is 3. The first-order valence-electron chi connectivity index (χ1n) is 11.9. The number of thiazole rings is 1. The lowest BCUT2D eigenvalue weighted by Crippen LogP contribution is -2.41. The third kappa shape index (κ3) is 4.91. The number of para-hydroxylation sites is 1. The van der Waals surface area contributed by atoms with E-state index in [2.05, 4.69) is 6.07 Å². The Labute approximate surface area is 243 Å². The lowest BCUT2D eigenvalue weighted by Gasteiger charge is -2.36. The number of anilines is 1. The number of ether oxygens (including phenoxy) is 2. The monoisotopic (exact) mass is 588 g/mol. The minimum Gasteiger partial charge on any atom is -0.466 e.